The Hall–Kier alpha value is -0.416. The molecule has 0 bridgehead atoms. The van der Waals surface area contributed by atoms with Crippen LogP contribution < -0.4 is 4.43 Å². The van der Waals surface area contributed by atoms with E-state index in [1.54, 1.807) is 0 Å². The molecule has 1 unspecified atom stereocenters. The zero-order valence-corrected chi connectivity index (χ0v) is 34.9. The first-order valence-corrected chi connectivity index (χ1v) is 25.9. The van der Waals surface area contributed by atoms with Gasteiger partial charge in [-0.2, -0.15) is 0 Å². The van der Waals surface area contributed by atoms with Crippen molar-refractivity contribution in [3.8, 4) is 5.75 Å². The van der Waals surface area contributed by atoms with Crippen molar-refractivity contribution in [1.82, 2.24) is 0 Å². The van der Waals surface area contributed by atoms with Crippen LogP contribution in [-0.2, 0) is 20.4 Å². The van der Waals surface area contributed by atoms with Gasteiger partial charge in [0.05, 0.1) is 16.6 Å². The van der Waals surface area contributed by atoms with E-state index in [9.17, 15) is 4.79 Å². The second kappa shape index (κ2) is 20.9. The molecule has 1 fully saturated rings. The van der Waals surface area contributed by atoms with Crippen molar-refractivity contribution in [3.05, 3.63) is 29.8 Å². The number of thioether (sulfide) groups is 2. The topological polar surface area (TPSA) is 44.8 Å². The fraction of sp³-hybridized carbons (Fsp3) is 0.816. The highest BCUT2D eigenvalue weighted by molar-refractivity contribution is 8.18. The Labute approximate surface area is 295 Å². The Balaban J connectivity index is 2.29. The third kappa shape index (κ3) is 14.6. The third-order valence-electron chi connectivity index (χ3n) is 9.07. The Kier molecular flexibility index (Phi) is 19.0. The van der Waals surface area contributed by atoms with Crippen LogP contribution in [0.15, 0.2) is 24.3 Å². The Morgan fingerprint density at radius 1 is 0.783 bits per heavy atom. The molecule has 0 saturated carbocycles. The molecule has 1 aromatic rings. The van der Waals surface area contributed by atoms with E-state index in [1.165, 1.54) is 79.0 Å². The first-order chi connectivity index (χ1) is 21.9. The average Bonchev–Trinajstić information content (AvgIpc) is 2.97. The summed E-state index contributed by atoms with van der Waals surface area (Å²) in [7, 11) is -3.72. The number of rotatable bonds is 23. The van der Waals surface area contributed by atoms with Crippen LogP contribution in [0, 0.1) is 0 Å². The fourth-order valence-electron chi connectivity index (χ4n) is 7.53. The fourth-order valence-corrected chi connectivity index (χ4v) is 20.1. The van der Waals surface area contributed by atoms with Crippen molar-refractivity contribution in [2.24, 2.45) is 0 Å². The summed E-state index contributed by atoms with van der Waals surface area (Å²) in [6.07, 6.45) is 11.6. The molecule has 46 heavy (non-hydrogen) atoms. The first kappa shape index (κ1) is 41.8. The second-order valence-electron chi connectivity index (χ2n) is 14.8. The number of benzene rings is 1. The summed E-state index contributed by atoms with van der Waals surface area (Å²) in [5.41, 5.74) is 0.892. The summed E-state index contributed by atoms with van der Waals surface area (Å²) in [4.78, 5) is 13.3. The lowest BCUT2D eigenvalue weighted by atomic mass is 10.0. The lowest BCUT2D eigenvalue weighted by Crippen LogP contribution is -2.45. The number of ether oxygens (including phenoxy) is 1. The van der Waals surface area contributed by atoms with Crippen molar-refractivity contribution in [2.45, 2.75) is 185 Å². The second-order valence-corrected chi connectivity index (χ2v) is 26.2. The summed E-state index contributed by atoms with van der Waals surface area (Å²) >= 11 is 4.24. The van der Waals surface area contributed by atoms with Crippen molar-refractivity contribution < 1.29 is 18.4 Å². The Bertz CT molecular complexity index is 942. The number of aryl methyl sites for hydroxylation is 1. The summed E-state index contributed by atoms with van der Waals surface area (Å²) in [6.45, 7) is 19.7. The van der Waals surface area contributed by atoms with Crippen LogP contribution in [0.4, 0.5) is 0 Å². The number of carbonyl (C=O) groups excluding carboxylic acids is 1. The highest BCUT2D eigenvalue weighted by Gasteiger charge is 2.42. The zero-order valence-electron chi connectivity index (χ0n) is 31.3. The predicted octanol–water partition coefficient (Wildman–Crippen LogP) is 12.4. The molecule has 1 saturated heterocycles. The molecule has 0 N–H and O–H groups in total. The number of hydrogen-bond donors (Lipinski definition) is 0. The number of carbonyl (C=O) groups is 1. The van der Waals surface area contributed by atoms with Gasteiger partial charge in [0.15, 0.2) is 8.32 Å². The highest BCUT2D eigenvalue weighted by atomic mass is 32.2. The van der Waals surface area contributed by atoms with Crippen molar-refractivity contribution >= 4 is 46.1 Å². The molecule has 266 valence electrons. The van der Waals surface area contributed by atoms with E-state index < -0.39 is 22.2 Å². The molecule has 1 aliphatic rings. The van der Waals surface area contributed by atoms with Gasteiger partial charge in [0.2, 0.25) is 0 Å². The molecule has 8 heteroatoms. The van der Waals surface area contributed by atoms with Gasteiger partial charge in [-0.3, -0.25) is 4.79 Å². The standard InChI is InChI=1S/C38H70O4S2Si2/c1-10-25-45(26-11-2,27-12-3)41-34-19-17-33(18-20-34)21-22-38(43-23-16-24-44-38)32-35(31-36(39)40-37(7,8)9)42-46(28-13-4,29-14-5)30-15-6/h17-20,35H,10-16,21-32H2,1-9H3. The predicted molar refractivity (Wildman–Crippen MR) is 210 cm³/mol. The maximum atomic E-state index is 13.3. The minimum absolute atomic E-state index is 0.0519. The van der Waals surface area contributed by atoms with Gasteiger partial charge < -0.3 is 13.6 Å². The molecule has 4 nitrogen and oxygen atoms in total. The van der Waals surface area contributed by atoms with Crippen molar-refractivity contribution in [2.75, 3.05) is 11.5 Å². The van der Waals surface area contributed by atoms with E-state index in [-0.39, 0.29) is 16.2 Å². The van der Waals surface area contributed by atoms with E-state index in [2.05, 4.69) is 89.3 Å². The van der Waals surface area contributed by atoms with Gasteiger partial charge in [-0.25, -0.2) is 0 Å². The summed E-state index contributed by atoms with van der Waals surface area (Å²) in [5, 5.41) is 0. The normalized spacial score (nSPS) is 16.3. The van der Waals surface area contributed by atoms with Gasteiger partial charge in [-0.05, 0) is 112 Å². The molecule has 1 aliphatic heterocycles. The molecule has 1 heterocycles. The number of hydrogen-bond acceptors (Lipinski definition) is 6. The minimum Gasteiger partial charge on any atom is -0.543 e. The van der Waals surface area contributed by atoms with Crippen LogP contribution in [0.1, 0.15) is 132 Å². The van der Waals surface area contributed by atoms with Crippen LogP contribution in [0.25, 0.3) is 0 Å². The zero-order chi connectivity index (χ0) is 34.1. The lowest BCUT2D eigenvalue weighted by molar-refractivity contribution is -0.156. The smallest absolute Gasteiger partial charge is 0.308 e. The molecule has 0 spiro atoms. The van der Waals surface area contributed by atoms with Crippen LogP contribution in [0.5, 0.6) is 5.75 Å². The molecule has 0 radical (unpaired) electrons. The molecule has 0 amide bonds. The van der Waals surface area contributed by atoms with E-state index in [4.69, 9.17) is 13.6 Å². The Morgan fingerprint density at radius 2 is 1.26 bits per heavy atom. The first-order valence-electron chi connectivity index (χ1n) is 18.9. The highest BCUT2D eigenvalue weighted by Crippen LogP contribution is 2.50. The van der Waals surface area contributed by atoms with E-state index in [0.29, 0.717) is 6.42 Å². The molecule has 1 aromatic carbocycles. The maximum absolute atomic E-state index is 13.3. The molecular formula is C38H70O4S2Si2. The van der Waals surface area contributed by atoms with Crippen LogP contribution in [0.3, 0.4) is 0 Å². The van der Waals surface area contributed by atoms with Gasteiger partial charge in [0.1, 0.15) is 11.4 Å². The number of esters is 1. The SMILES string of the molecule is CCC[Si](CCC)(CCC)Oc1ccc(CCC2(CC(CC(=O)OC(C)(C)C)O[Si](CCC)(CCC)CCC)SCCCS2)cc1. The summed E-state index contributed by atoms with van der Waals surface area (Å²) < 4.78 is 20.2. The van der Waals surface area contributed by atoms with Gasteiger partial charge in [0, 0.05) is 0 Å². The molecular weight excluding hydrogens is 641 g/mol. The summed E-state index contributed by atoms with van der Waals surface area (Å²) in [5.74, 6) is 3.31. The molecule has 2 rings (SSSR count). The van der Waals surface area contributed by atoms with E-state index >= 15 is 0 Å². The van der Waals surface area contributed by atoms with Gasteiger partial charge in [-0.15, -0.1) is 23.5 Å². The van der Waals surface area contributed by atoms with Gasteiger partial charge in [0.25, 0.3) is 8.32 Å². The third-order valence-corrected chi connectivity index (χ3v) is 22.5. The maximum Gasteiger partial charge on any atom is 0.308 e. The van der Waals surface area contributed by atoms with Crippen molar-refractivity contribution in [1.29, 1.82) is 0 Å². The quantitative estimate of drug-likeness (QED) is 0.0832. The van der Waals surface area contributed by atoms with E-state index in [0.717, 1.165) is 44.3 Å². The van der Waals surface area contributed by atoms with Crippen molar-refractivity contribution in [3.63, 3.8) is 0 Å². The average molecular weight is 711 g/mol. The monoisotopic (exact) mass is 710 g/mol. The minimum atomic E-state index is -1.97. The largest absolute Gasteiger partial charge is 0.543 e. The van der Waals surface area contributed by atoms with Crippen LogP contribution in [0.2, 0.25) is 36.3 Å². The van der Waals surface area contributed by atoms with Gasteiger partial charge >= 0.3 is 5.97 Å². The molecule has 0 aromatic heterocycles. The summed E-state index contributed by atoms with van der Waals surface area (Å²) in [6, 6.07) is 16.4. The molecule has 0 aliphatic carbocycles. The lowest BCUT2D eigenvalue weighted by Gasteiger charge is -2.42. The van der Waals surface area contributed by atoms with E-state index in [1.807, 2.05) is 20.8 Å². The van der Waals surface area contributed by atoms with Crippen LogP contribution >= 0.6 is 23.5 Å². The Morgan fingerprint density at radius 3 is 1.72 bits per heavy atom. The van der Waals surface area contributed by atoms with Crippen LogP contribution in [-0.4, -0.2) is 49.9 Å². The van der Waals surface area contributed by atoms with Gasteiger partial charge in [-0.1, -0.05) is 92.2 Å². The molecule has 1 atom stereocenters.